The molecule has 0 heterocycles. The summed E-state index contributed by atoms with van der Waals surface area (Å²) in [6.07, 6.45) is 6.48. The van der Waals surface area contributed by atoms with E-state index in [2.05, 4.69) is 13.8 Å². The Bertz CT molecular complexity index is 651. The van der Waals surface area contributed by atoms with Gasteiger partial charge in [-0.3, -0.25) is 0 Å². The third-order valence-corrected chi connectivity index (χ3v) is 4.22. The molecule has 2 aromatic rings. The number of rotatable bonds is 8. The molecule has 0 atom stereocenters. The molecule has 2 heteroatoms. The van der Waals surface area contributed by atoms with Gasteiger partial charge in [0.2, 0.25) is 0 Å². The second kappa shape index (κ2) is 9.36. The number of benzene rings is 2. The molecule has 0 fully saturated rings. The summed E-state index contributed by atoms with van der Waals surface area (Å²) in [5.74, 6) is -1.59. The lowest BCUT2D eigenvalue weighted by Crippen LogP contribution is -1.89. The molecule has 0 unspecified atom stereocenters. The number of hydrogen-bond donors (Lipinski definition) is 0. The quantitative estimate of drug-likeness (QED) is 0.357. The van der Waals surface area contributed by atoms with Crippen molar-refractivity contribution in [2.45, 2.75) is 52.4 Å². The molecule has 128 valence electrons. The Morgan fingerprint density at radius 2 is 1.08 bits per heavy atom. The zero-order valence-electron chi connectivity index (χ0n) is 14.6. The van der Waals surface area contributed by atoms with Crippen molar-refractivity contribution in [1.82, 2.24) is 0 Å². The topological polar surface area (TPSA) is 0 Å². The summed E-state index contributed by atoms with van der Waals surface area (Å²) in [6, 6.07) is 14.1. The molecule has 0 aromatic heterocycles. The zero-order valence-corrected chi connectivity index (χ0v) is 14.6. The van der Waals surface area contributed by atoms with Crippen molar-refractivity contribution < 1.29 is 8.78 Å². The number of unbranched alkanes of at least 4 members (excludes halogenated alkanes) is 2. The molecular formula is C22H26F2. The van der Waals surface area contributed by atoms with Crippen LogP contribution in [-0.4, -0.2) is 0 Å². The average Bonchev–Trinajstić information content (AvgIpc) is 2.62. The molecule has 0 saturated carbocycles. The fourth-order valence-corrected chi connectivity index (χ4v) is 2.76. The van der Waals surface area contributed by atoms with Gasteiger partial charge in [0.05, 0.1) is 0 Å². The SMILES string of the molecule is CCCCCc1ccc(/C(F)=C(\F)c2ccc(CCC)cc2)cc1. The van der Waals surface area contributed by atoms with Crippen LogP contribution in [0.3, 0.4) is 0 Å². The molecule has 0 aliphatic heterocycles. The molecule has 0 nitrogen and oxygen atoms in total. The second-order valence-electron chi connectivity index (χ2n) is 6.23. The van der Waals surface area contributed by atoms with Gasteiger partial charge in [-0.15, -0.1) is 0 Å². The van der Waals surface area contributed by atoms with E-state index in [1.54, 1.807) is 24.3 Å². The van der Waals surface area contributed by atoms with Crippen LogP contribution in [-0.2, 0) is 12.8 Å². The van der Waals surface area contributed by atoms with Crippen LogP contribution >= 0.6 is 0 Å². The molecule has 2 rings (SSSR count). The Balaban J connectivity index is 2.12. The van der Waals surface area contributed by atoms with E-state index in [1.807, 2.05) is 24.3 Å². The van der Waals surface area contributed by atoms with Gasteiger partial charge in [-0.2, -0.15) is 0 Å². The van der Waals surface area contributed by atoms with Gasteiger partial charge in [-0.1, -0.05) is 81.6 Å². The van der Waals surface area contributed by atoms with Crippen molar-refractivity contribution in [1.29, 1.82) is 0 Å². The van der Waals surface area contributed by atoms with Gasteiger partial charge in [-0.25, -0.2) is 8.78 Å². The Morgan fingerprint density at radius 3 is 1.50 bits per heavy atom. The minimum atomic E-state index is -0.795. The monoisotopic (exact) mass is 328 g/mol. The molecule has 0 N–H and O–H groups in total. The highest BCUT2D eigenvalue weighted by Gasteiger charge is 2.11. The lowest BCUT2D eigenvalue weighted by molar-refractivity contribution is 0.699. The summed E-state index contributed by atoms with van der Waals surface area (Å²) in [5.41, 5.74) is 2.90. The molecular weight excluding hydrogens is 302 g/mol. The van der Waals surface area contributed by atoms with Crippen LogP contribution in [0, 0.1) is 0 Å². The van der Waals surface area contributed by atoms with Crippen molar-refractivity contribution in [2.24, 2.45) is 0 Å². The van der Waals surface area contributed by atoms with Crippen LogP contribution in [0.15, 0.2) is 48.5 Å². The number of hydrogen-bond acceptors (Lipinski definition) is 0. The van der Waals surface area contributed by atoms with E-state index in [-0.39, 0.29) is 0 Å². The fourth-order valence-electron chi connectivity index (χ4n) is 2.76. The molecule has 24 heavy (non-hydrogen) atoms. The van der Waals surface area contributed by atoms with E-state index in [9.17, 15) is 8.78 Å². The Labute approximate surface area is 144 Å². The molecule has 0 aliphatic rings. The first kappa shape index (κ1) is 18.4. The van der Waals surface area contributed by atoms with Crippen LogP contribution in [0.4, 0.5) is 8.78 Å². The molecule has 0 radical (unpaired) electrons. The first-order chi connectivity index (χ1) is 11.7. The van der Waals surface area contributed by atoms with Crippen molar-refractivity contribution in [3.63, 3.8) is 0 Å². The van der Waals surface area contributed by atoms with E-state index >= 15 is 0 Å². The Kier molecular flexibility index (Phi) is 7.17. The summed E-state index contributed by atoms with van der Waals surface area (Å²) >= 11 is 0. The summed E-state index contributed by atoms with van der Waals surface area (Å²) in [5, 5.41) is 0. The Hall–Kier alpha value is -1.96. The Morgan fingerprint density at radius 1 is 0.625 bits per heavy atom. The number of aryl methyl sites for hydroxylation is 2. The van der Waals surface area contributed by atoms with E-state index in [0.717, 1.165) is 31.2 Å². The second-order valence-corrected chi connectivity index (χ2v) is 6.23. The highest BCUT2D eigenvalue weighted by Crippen LogP contribution is 2.29. The number of halogens is 2. The molecule has 0 amide bonds. The van der Waals surface area contributed by atoms with Gasteiger partial charge in [0, 0.05) is 11.1 Å². The van der Waals surface area contributed by atoms with Crippen LogP contribution in [0.2, 0.25) is 0 Å². The van der Waals surface area contributed by atoms with Gasteiger partial charge in [0.15, 0.2) is 11.7 Å². The maximum Gasteiger partial charge on any atom is 0.166 e. The lowest BCUT2D eigenvalue weighted by Gasteiger charge is -2.05. The molecule has 0 aliphatic carbocycles. The van der Waals surface area contributed by atoms with E-state index in [1.165, 1.54) is 18.4 Å². The van der Waals surface area contributed by atoms with Crippen LogP contribution in [0.25, 0.3) is 11.7 Å². The highest BCUT2D eigenvalue weighted by atomic mass is 19.2. The van der Waals surface area contributed by atoms with Crippen molar-refractivity contribution in [3.05, 3.63) is 70.8 Å². The minimum Gasteiger partial charge on any atom is -0.203 e. The zero-order chi connectivity index (χ0) is 17.4. The fraction of sp³-hybridized carbons (Fsp3) is 0.364. The minimum absolute atomic E-state index is 0.291. The predicted octanol–water partition coefficient (Wildman–Crippen LogP) is 7.14. The van der Waals surface area contributed by atoms with E-state index < -0.39 is 11.7 Å². The summed E-state index contributed by atoms with van der Waals surface area (Å²) in [7, 11) is 0. The first-order valence-corrected chi connectivity index (χ1v) is 8.89. The van der Waals surface area contributed by atoms with Crippen LogP contribution < -0.4 is 0 Å². The summed E-state index contributed by atoms with van der Waals surface area (Å²) in [4.78, 5) is 0. The standard InChI is InChI=1S/C22H26F2/c1-3-5-6-8-18-11-15-20(16-12-18)22(24)21(23)19-13-9-17(7-4-2)10-14-19/h9-16H,3-8H2,1-2H3/b22-21+. The molecule has 0 spiro atoms. The third kappa shape index (κ3) is 5.02. The molecule has 2 aromatic carbocycles. The van der Waals surface area contributed by atoms with Gasteiger partial charge in [0.25, 0.3) is 0 Å². The highest BCUT2D eigenvalue weighted by molar-refractivity contribution is 5.83. The maximum atomic E-state index is 14.4. The largest absolute Gasteiger partial charge is 0.203 e. The van der Waals surface area contributed by atoms with Crippen molar-refractivity contribution in [3.8, 4) is 0 Å². The smallest absolute Gasteiger partial charge is 0.166 e. The van der Waals surface area contributed by atoms with Gasteiger partial charge in [-0.05, 0) is 30.4 Å². The first-order valence-electron chi connectivity index (χ1n) is 8.89. The van der Waals surface area contributed by atoms with E-state index in [4.69, 9.17) is 0 Å². The van der Waals surface area contributed by atoms with E-state index in [0.29, 0.717) is 11.1 Å². The third-order valence-electron chi connectivity index (χ3n) is 4.22. The van der Waals surface area contributed by atoms with Gasteiger partial charge in [0.1, 0.15) is 0 Å². The molecule has 0 bridgehead atoms. The van der Waals surface area contributed by atoms with Crippen molar-refractivity contribution in [2.75, 3.05) is 0 Å². The maximum absolute atomic E-state index is 14.4. The average molecular weight is 328 g/mol. The predicted molar refractivity (Wildman–Crippen MR) is 99.1 cm³/mol. The van der Waals surface area contributed by atoms with Crippen molar-refractivity contribution >= 4 is 11.7 Å². The van der Waals surface area contributed by atoms with Crippen LogP contribution in [0.5, 0.6) is 0 Å². The normalized spacial score (nSPS) is 12.2. The van der Waals surface area contributed by atoms with Gasteiger partial charge >= 0.3 is 0 Å². The van der Waals surface area contributed by atoms with Crippen LogP contribution in [0.1, 0.15) is 61.8 Å². The van der Waals surface area contributed by atoms with Gasteiger partial charge < -0.3 is 0 Å². The lowest BCUT2D eigenvalue weighted by atomic mass is 10.0. The molecule has 0 saturated heterocycles. The summed E-state index contributed by atoms with van der Waals surface area (Å²) in [6.45, 7) is 4.26. The summed E-state index contributed by atoms with van der Waals surface area (Å²) < 4.78 is 28.8.